The highest BCUT2D eigenvalue weighted by Crippen LogP contribution is 2.80. The van der Waals surface area contributed by atoms with E-state index in [9.17, 15) is 0 Å². The van der Waals surface area contributed by atoms with Crippen molar-refractivity contribution in [1.29, 1.82) is 0 Å². The fraction of sp³-hybridized carbons (Fsp3) is 0.667. The smallest absolute Gasteiger partial charge is 0.0290 e. The van der Waals surface area contributed by atoms with Gasteiger partial charge in [0, 0.05) is 14.4 Å². The minimum atomic E-state index is 0.609. The second-order valence-corrected chi connectivity index (χ2v) is 10.1. The first-order valence-electron chi connectivity index (χ1n) is 8.06. The first kappa shape index (κ1) is 12.5. The van der Waals surface area contributed by atoms with Crippen LogP contribution in [0.3, 0.4) is 0 Å². The summed E-state index contributed by atoms with van der Waals surface area (Å²) >= 11 is 4.47. The fourth-order valence-electron chi connectivity index (χ4n) is 6.26. The topological polar surface area (TPSA) is 0 Å². The molecule has 2 heteroatoms. The predicted molar refractivity (Wildman–Crippen MR) is 88.3 cm³/mol. The molecule has 6 atom stereocenters. The van der Waals surface area contributed by atoms with Gasteiger partial charge in [-0.2, -0.15) is 11.8 Å². The Balaban J connectivity index is 1.53. The van der Waals surface area contributed by atoms with E-state index in [-0.39, 0.29) is 0 Å². The molecule has 0 nitrogen and oxygen atoms in total. The van der Waals surface area contributed by atoms with Gasteiger partial charge in [0.1, 0.15) is 0 Å². The van der Waals surface area contributed by atoms with Gasteiger partial charge in [-0.15, -0.1) is 11.8 Å². The zero-order valence-electron chi connectivity index (χ0n) is 12.0. The molecular weight excluding hydrogens is 280 g/mol. The van der Waals surface area contributed by atoms with Gasteiger partial charge in [0.25, 0.3) is 0 Å². The average Bonchev–Trinajstić information content (AvgIpc) is 2.47. The standard InChI is InChI=1S/C18H22S2/c1-19-17-11-18(20-15-5-3-2-4-6-15)14-8-12(9-16(17)18)7-13(17)10-14/h2-6,12-14,16H,7-11H2,1H3. The lowest BCUT2D eigenvalue weighted by atomic mass is 9.37. The average molecular weight is 303 g/mol. The molecule has 6 bridgehead atoms. The van der Waals surface area contributed by atoms with Crippen LogP contribution in [0.5, 0.6) is 0 Å². The zero-order valence-corrected chi connectivity index (χ0v) is 13.7. The minimum absolute atomic E-state index is 0.609. The van der Waals surface area contributed by atoms with Gasteiger partial charge in [0.15, 0.2) is 0 Å². The van der Waals surface area contributed by atoms with Crippen molar-refractivity contribution in [2.24, 2.45) is 23.7 Å². The van der Waals surface area contributed by atoms with Crippen LogP contribution in [0.15, 0.2) is 35.2 Å². The molecule has 1 aromatic rings. The molecule has 0 heterocycles. The van der Waals surface area contributed by atoms with Crippen molar-refractivity contribution in [1.82, 2.24) is 0 Å². The second-order valence-electron chi connectivity index (χ2n) is 7.46. The maximum atomic E-state index is 2.39. The lowest BCUT2D eigenvalue weighted by Crippen LogP contribution is -2.77. The van der Waals surface area contributed by atoms with E-state index in [0.717, 1.165) is 23.7 Å². The SMILES string of the molecule is CSC12CC3(Sc4ccccc4)C4CC(CC1C4)CC23. The van der Waals surface area contributed by atoms with Crippen LogP contribution in [-0.2, 0) is 0 Å². The lowest BCUT2D eigenvalue weighted by molar-refractivity contribution is -0.126. The molecule has 1 aromatic carbocycles. The van der Waals surface area contributed by atoms with Crippen LogP contribution in [0.25, 0.3) is 0 Å². The van der Waals surface area contributed by atoms with Crippen LogP contribution in [0.2, 0.25) is 0 Å². The predicted octanol–water partition coefficient (Wildman–Crippen LogP) is 5.09. The third-order valence-corrected chi connectivity index (χ3v) is 10.1. The van der Waals surface area contributed by atoms with E-state index in [1.807, 2.05) is 0 Å². The van der Waals surface area contributed by atoms with Gasteiger partial charge in [0.05, 0.1) is 0 Å². The van der Waals surface area contributed by atoms with E-state index in [1.165, 1.54) is 30.6 Å². The van der Waals surface area contributed by atoms with E-state index in [0.29, 0.717) is 9.49 Å². The first-order valence-corrected chi connectivity index (χ1v) is 10.1. The molecular formula is C18H22S2. The molecule has 0 saturated heterocycles. The Labute approximate surface area is 130 Å². The third kappa shape index (κ3) is 1.34. The maximum absolute atomic E-state index is 2.39. The number of rotatable bonds is 3. The normalized spacial score (nSPS) is 51.0. The summed E-state index contributed by atoms with van der Waals surface area (Å²) in [4.78, 5) is 1.51. The van der Waals surface area contributed by atoms with Gasteiger partial charge in [-0.3, -0.25) is 0 Å². The van der Waals surface area contributed by atoms with Crippen LogP contribution >= 0.6 is 23.5 Å². The Morgan fingerprint density at radius 3 is 2.45 bits per heavy atom. The van der Waals surface area contributed by atoms with Crippen LogP contribution in [0, 0.1) is 23.7 Å². The van der Waals surface area contributed by atoms with Gasteiger partial charge in [-0.1, -0.05) is 18.2 Å². The Kier molecular flexibility index (Phi) is 2.50. The van der Waals surface area contributed by atoms with Gasteiger partial charge in [-0.25, -0.2) is 0 Å². The summed E-state index contributed by atoms with van der Waals surface area (Å²) in [5, 5.41) is 0. The largest absolute Gasteiger partial charge is 0.158 e. The van der Waals surface area contributed by atoms with Crippen molar-refractivity contribution in [3.05, 3.63) is 30.3 Å². The van der Waals surface area contributed by atoms with Crippen LogP contribution in [0.4, 0.5) is 0 Å². The summed E-state index contributed by atoms with van der Waals surface area (Å²) in [6.07, 6.45) is 10.0. The molecule has 6 saturated carbocycles. The fourth-order valence-corrected chi connectivity index (χ4v) is 9.77. The molecule has 7 rings (SSSR count). The Hall–Kier alpha value is -0.0800. The van der Waals surface area contributed by atoms with Crippen LogP contribution in [-0.4, -0.2) is 15.7 Å². The monoisotopic (exact) mass is 302 g/mol. The molecule has 0 aliphatic heterocycles. The lowest BCUT2D eigenvalue weighted by Gasteiger charge is -2.78. The summed E-state index contributed by atoms with van der Waals surface area (Å²) in [7, 11) is 0. The van der Waals surface area contributed by atoms with Gasteiger partial charge < -0.3 is 0 Å². The molecule has 6 fully saturated rings. The quantitative estimate of drug-likeness (QED) is 0.763. The number of hydrogen-bond donors (Lipinski definition) is 0. The van der Waals surface area contributed by atoms with E-state index in [1.54, 1.807) is 6.42 Å². The molecule has 6 aliphatic rings. The molecule has 0 radical (unpaired) electrons. The van der Waals surface area contributed by atoms with Crippen LogP contribution < -0.4 is 0 Å². The number of thioether (sulfide) groups is 2. The van der Waals surface area contributed by atoms with Crippen molar-refractivity contribution < 1.29 is 0 Å². The number of hydrogen-bond acceptors (Lipinski definition) is 2. The summed E-state index contributed by atoms with van der Waals surface area (Å²) in [6.45, 7) is 0. The van der Waals surface area contributed by atoms with Crippen molar-refractivity contribution in [3.63, 3.8) is 0 Å². The molecule has 0 amide bonds. The van der Waals surface area contributed by atoms with Crippen molar-refractivity contribution in [3.8, 4) is 0 Å². The van der Waals surface area contributed by atoms with E-state index in [4.69, 9.17) is 0 Å². The van der Waals surface area contributed by atoms with Crippen molar-refractivity contribution in [2.75, 3.05) is 6.26 Å². The van der Waals surface area contributed by atoms with Gasteiger partial charge >= 0.3 is 0 Å². The van der Waals surface area contributed by atoms with Gasteiger partial charge in [0.2, 0.25) is 0 Å². The minimum Gasteiger partial charge on any atom is -0.158 e. The van der Waals surface area contributed by atoms with Crippen molar-refractivity contribution in [2.45, 2.75) is 46.5 Å². The molecule has 0 aromatic heterocycles. The molecule has 0 spiro atoms. The molecule has 6 unspecified atom stereocenters. The highest BCUT2D eigenvalue weighted by molar-refractivity contribution is 8.02. The first-order chi connectivity index (χ1) is 9.77. The van der Waals surface area contributed by atoms with Gasteiger partial charge in [-0.05, 0) is 74.2 Å². The second kappa shape index (κ2) is 4.01. The maximum Gasteiger partial charge on any atom is 0.0290 e. The molecule has 106 valence electrons. The highest BCUT2D eigenvalue weighted by atomic mass is 32.2. The Bertz CT molecular complexity index is 542. The highest BCUT2D eigenvalue weighted by Gasteiger charge is 2.76. The van der Waals surface area contributed by atoms with E-state index >= 15 is 0 Å². The molecule has 20 heavy (non-hydrogen) atoms. The summed E-state index contributed by atoms with van der Waals surface area (Å²) < 4.78 is 1.28. The van der Waals surface area contributed by atoms with E-state index < -0.39 is 0 Å². The summed E-state index contributed by atoms with van der Waals surface area (Å²) in [5.41, 5.74) is 0. The molecule has 6 aliphatic carbocycles. The Morgan fingerprint density at radius 1 is 0.950 bits per heavy atom. The van der Waals surface area contributed by atoms with Crippen LogP contribution in [0.1, 0.15) is 32.1 Å². The molecule has 0 N–H and O–H groups in total. The van der Waals surface area contributed by atoms with Crippen molar-refractivity contribution >= 4 is 23.5 Å². The third-order valence-electron chi connectivity index (χ3n) is 6.92. The number of benzene rings is 1. The summed E-state index contributed by atoms with van der Waals surface area (Å²) in [5.74, 6) is 4.16. The zero-order chi connectivity index (χ0) is 13.4. The summed E-state index contributed by atoms with van der Waals surface area (Å²) in [6, 6.07) is 11.2. The Morgan fingerprint density at radius 2 is 1.70 bits per heavy atom. The van der Waals surface area contributed by atoms with E-state index in [2.05, 4.69) is 60.1 Å².